The minimum Gasteiger partial charge on any atom is -0.496 e. The number of aromatic nitrogens is 3. The molecule has 2 aromatic heterocycles. The zero-order valence-electron chi connectivity index (χ0n) is 11.4. The van der Waals surface area contributed by atoms with Gasteiger partial charge >= 0.3 is 0 Å². The molecule has 0 aliphatic rings. The zero-order valence-corrected chi connectivity index (χ0v) is 11.4. The molecule has 3 rings (SSSR count). The SMILES string of the molecule is COc1ccc(C=O)cc1-c1cn[nH]c1-c1cccnc1. The van der Waals surface area contributed by atoms with Crippen molar-refractivity contribution >= 4 is 6.29 Å². The largest absolute Gasteiger partial charge is 0.496 e. The second-order valence-corrected chi connectivity index (χ2v) is 4.48. The van der Waals surface area contributed by atoms with Crippen LogP contribution in [0.5, 0.6) is 5.75 Å². The van der Waals surface area contributed by atoms with Crippen molar-refractivity contribution in [3.63, 3.8) is 0 Å². The lowest BCUT2D eigenvalue weighted by Crippen LogP contribution is -1.91. The minimum absolute atomic E-state index is 0.587. The summed E-state index contributed by atoms with van der Waals surface area (Å²) < 4.78 is 5.39. The molecule has 0 amide bonds. The monoisotopic (exact) mass is 279 g/mol. The molecule has 1 N–H and O–H groups in total. The van der Waals surface area contributed by atoms with E-state index < -0.39 is 0 Å². The maximum absolute atomic E-state index is 11.0. The summed E-state index contributed by atoms with van der Waals surface area (Å²) in [7, 11) is 1.60. The van der Waals surface area contributed by atoms with Gasteiger partial charge in [0.15, 0.2) is 0 Å². The van der Waals surface area contributed by atoms with Gasteiger partial charge in [-0.3, -0.25) is 14.9 Å². The Morgan fingerprint density at radius 1 is 1.19 bits per heavy atom. The maximum atomic E-state index is 11.0. The molecule has 0 radical (unpaired) electrons. The second kappa shape index (κ2) is 5.58. The lowest BCUT2D eigenvalue weighted by molar-refractivity contribution is 0.112. The van der Waals surface area contributed by atoms with Gasteiger partial charge in [-0.1, -0.05) is 0 Å². The first-order valence-corrected chi connectivity index (χ1v) is 6.41. The Balaban J connectivity index is 2.18. The smallest absolute Gasteiger partial charge is 0.150 e. The number of H-pyrrole nitrogens is 1. The standard InChI is InChI=1S/C16H13N3O2/c1-21-15-5-4-11(10-20)7-13(15)14-9-18-19-16(14)12-3-2-6-17-8-12/h2-10H,1H3,(H,18,19). The van der Waals surface area contributed by atoms with E-state index in [9.17, 15) is 4.79 Å². The van der Waals surface area contributed by atoms with Crippen LogP contribution in [0.3, 0.4) is 0 Å². The van der Waals surface area contributed by atoms with Gasteiger partial charge in [-0.15, -0.1) is 0 Å². The first-order valence-electron chi connectivity index (χ1n) is 6.41. The third-order valence-electron chi connectivity index (χ3n) is 3.24. The number of carbonyl (C=O) groups excluding carboxylic acids is 1. The van der Waals surface area contributed by atoms with Crippen LogP contribution in [0, 0.1) is 0 Å². The topological polar surface area (TPSA) is 67.9 Å². The summed E-state index contributed by atoms with van der Waals surface area (Å²) in [6, 6.07) is 9.09. The molecule has 0 aliphatic carbocycles. The molecule has 5 nitrogen and oxygen atoms in total. The number of rotatable bonds is 4. The highest BCUT2D eigenvalue weighted by atomic mass is 16.5. The normalized spacial score (nSPS) is 10.3. The molecule has 0 bridgehead atoms. The van der Waals surface area contributed by atoms with Crippen LogP contribution in [-0.4, -0.2) is 28.6 Å². The molecule has 0 atom stereocenters. The number of aldehydes is 1. The number of hydrogen-bond acceptors (Lipinski definition) is 4. The van der Waals surface area contributed by atoms with Crippen molar-refractivity contribution in [1.82, 2.24) is 15.2 Å². The van der Waals surface area contributed by atoms with E-state index in [0.29, 0.717) is 11.3 Å². The van der Waals surface area contributed by atoms with Crippen molar-refractivity contribution in [2.75, 3.05) is 7.11 Å². The van der Waals surface area contributed by atoms with Crippen LogP contribution in [0.4, 0.5) is 0 Å². The number of carbonyl (C=O) groups is 1. The van der Waals surface area contributed by atoms with E-state index in [1.807, 2.05) is 12.1 Å². The molecule has 104 valence electrons. The maximum Gasteiger partial charge on any atom is 0.150 e. The average molecular weight is 279 g/mol. The predicted molar refractivity (Wildman–Crippen MR) is 79.2 cm³/mol. The molecule has 0 aliphatic heterocycles. The van der Waals surface area contributed by atoms with Crippen molar-refractivity contribution in [2.45, 2.75) is 0 Å². The van der Waals surface area contributed by atoms with Gasteiger partial charge in [0.05, 0.1) is 19.0 Å². The van der Waals surface area contributed by atoms with Crippen molar-refractivity contribution in [3.8, 4) is 28.1 Å². The Kier molecular flexibility index (Phi) is 3.47. The highest BCUT2D eigenvalue weighted by Crippen LogP contribution is 2.36. The van der Waals surface area contributed by atoms with E-state index in [4.69, 9.17) is 4.74 Å². The van der Waals surface area contributed by atoms with Gasteiger partial charge < -0.3 is 4.74 Å². The van der Waals surface area contributed by atoms with E-state index in [-0.39, 0.29) is 0 Å². The van der Waals surface area contributed by atoms with E-state index in [1.54, 1.807) is 43.9 Å². The van der Waals surface area contributed by atoms with Gasteiger partial charge in [0.2, 0.25) is 0 Å². The van der Waals surface area contributed by atoms with Crippen LogP contribution in [0.25, 0.3) is 22.4 Å². The van der Waals surface area contributed by atoms with Crippen LogP contribution in [0.1, 0.15) is 10.4 Å². The molecule has 21 heavy (non-hydrogen) atoms. The van der Waals surface area contributed by atoms with Crippen LogP contribution in [0.2, 0.25) is 0 Å². The molecule has 5 heteroatoms. The molecule has 1 aromatic carbocycles. The van der Waals surface area contributed by atoms with E-state index in [2.05, 4.69) is 15.2 Å². The zero-order chi connectivity index (χ0) is 14.7. The summed E-state index contributed by atoms with van der Waals surface area (Å²) in [6.07, 6.45) is 6.00. The molecule has 0 spiro atoms. The van der Waals surface area contributed by atoms with Gasteiger partial charge in [-0.05, 0) is 30.3 Å². The molecular weight excluding hydrogens is 266 g/mol. The highest BCUT2D eigenvalue weighted by Gasteiger charge is 2.14. The molecule has 0 saturated carbocycles. The van der Waals surface area contributed by atoms with Gasteiger partial charge in [-0.2, -0.15) is 5.10 Å². The van der Waals surface area contributed by atoms with Crippen molar-refractivity contribution in [2.24, 2.45) is 0 Å². The van der Waals surface area contributed by atoms with Crippen molar-refractivity contribution in [3.05, 3.63) is 54.5 Å². The molecule has 3 aromatic rings. The van der Waals surface area contributed by atoms with Crippen molar-refractivity contribution in [1.29, 1.82) is 0 Å². The second-order valence-electron chi connectivity index (χ2n) is 4.48. The average Bonchev–Trinajstić information content (AvgIpc) is 3.04. The number of benzene rings is 1. The number of nitrogens with one attached hydrogen (secondary N) is 1. The Morgan fingerprint density at radius 2 is 2.10 bits per heavy atom. The van der Waals surface area contributed by atoms with Gasteiger partial charge in [0.25, 0.3) is 0 Å². The first-order chi connectivity index (χ1) is 10.3. The molecule has 2 heterocycles. The lowest BCUT2D eigenvalue weighted by Gasteiger charge is -2.09. The molecule has 0 saturated heterocycles. The van der Waals surface area contributed by atoms with Gasteiger partial charge in [0, 0.05) is 34.6 Å². The Labute approximate surface area is 121 Å². The Morgan fingerprint density at radius 3 is 2.81 bits per heavy atom. The summed E-state index contributed by atoms with van der Waals surface area (Å²) in [5.41, 5.74) is 4.02. The fourth-order valence-corrected chi connectivity index (χ4v) is 2.23. The van der Waals surface area contributed by atoms with Gasteiger partial charge in [0.1, 0.15) is 12.0 Å². The van der Waals surface area contributed by atoms with Crippen LogP contribution in [-0.2, 0) is 0 Å². The fourth-order valence-electron chi connectivity index (χ4n) is 2.23. The lowest BCUT2D eigenvalue weighted by atomic mass is 10.00. The summed E-state index contributed by atoms with van der Waals surface area (Å²) in [5, 5.41) is 7.08. The number of nitrogens with zero attached hydrogens (tertiary/aromatic N) is 2. The third kappa shape index (κ3) is 2.41. The van der Waals surface area contributed by atoms with E-state index in [0.717, 1.165) is 28.7 Å². The minimum atomic E-state index is 0.587. The number of methoxy groups -OCH3 is 1. The first kappa shape index (κ1) is 13.1. The molecule has 0 unspecified atom stereocenters. The quantitative estimate of drug-likeness (QED) is 0.745. The number of hydrogen-bond donors (Lipinski definition) is 1. The number of pyridine rings is 1. The van der Waals surface area contributed by atoms with Gasteiger partial charge in [-0.25, -0.2) is 0 Å². The van der Waals surface area contributed by atoms with E-state index >= 15 is 0 Å². The summed E-state index contributed by atoms with van der Waals surface area (Å²) in [4.78, 5) is 15.1. The fraction of sp³-hybridized carbons (Fsp3) is 0.0625. The summed E-state index contributed by atoms with van der Waals surface area (Å²) in [6.45, 7) is 0. The van der Waals surface area contributed by atoms with Crippen LogP contribution in [0.15, 0.2) is 48.9 Å². The summed E-state index contributed by atoms with van der Waals surface area (Å²) in [5.74, 6) is 0.687. The Bertz CT molecular complexity index is 766. The van der Waals surface area contributed by atoms with E-state index in [1.165, 1.54) is 0 Å². The highest BCUT2D eigenvalue weighted by molar-refractivity contribution is 5.87. The number of ether oxygens (including phenoxy) is 1. The molecular formula is C16H13N3O2. The third-order valence-corrected chi connectivity index (χ3v) is 3.24. The van der Waals surface area contributed by atoms with Crippen molar-refractivity contribution < 1.29 is 9.53 Å². The summed E-state index contributed by atoms with van der Waals surface area (Å²) >= 11 is 0. The molecule has 0 fully saturated rings. The number of aromatic amines is 1. The van der Waals surface area contributed by atoms with Crippen LogP contribution >= 0.6 is 0 Å². The van der Waals surface area contributed by atoms with Crippen LogP contribution < -0.4 is 4.74 Å². The predicted octanol–water partition coefficient (Wildman–Crippen LogP) is 2.96. The Hall–Kier alpha value is -2.95.